The lowest BCUT2D eigenvalue weighted by Crippen LogP contribution is -2.15. The van der Waals surface area contributed by atoms with Crippen molar-refractivity contribution in [2.24, 2.45) is 5.92 Å². The molecule has 1 N–H and O–H groups in total. The van der Waals surface area contributed by atoms with Gasteiger partial charge in [-0.2, -0.15) is 17.0 Å². The van der Waals surface area contributed by atoms with Gasteiger partial charge < -0.3 is 5.32 Å². The van der Waals surface area contributed by atoms with E-state index in [0.717, 1.165) is 17.9 Å². The largest absolute Gasteiger partial charge is 0.364 e. The molecule has 0 aliphatic carbocycles. The van der Waals surface area contributed by atoms with Gasteiger partial charge in [0, 0.05) is 18.8 Å². The molecule has 1 aliphatic rings. The molecule has 0 saturated carbocycles. The average molecular weight is 264 g/mol. The van der Waals surface area contributed by atoms with E-state index in [0.29, 0.717) is 12.5 Å². The van der Waals surface area contributed by atoms with Crippen molar-refractivity contribution in [3.8, 4) is 6.07 Å². The number of nitriles is 1. The van der Waals surface area contributed by atoms with E-state index in [1.54, 1.807) is 0 Å². The van der Waals surface area contributed by atoms with Crippen LogP contribution in [0.15, 0.2) is 12.3 Å². The number of pyridine rings is 1. The Morgan fingerprint density at radius 1 is 1.72 bits per heavy atom. The van der Waals surface area contributed by atoms with E-state index >= 15 is 0 Å². The van der Waals surface area contributed by atoms with E-state index in [1.165, 1.54) is 12.3 Å². The summed E-state index contributed by atoms with van der Waals surface area (Å²) in [7, 11) is 0. The van der Waals surface area contributed by atoms with Gasteiger partial charge in [-0.05, 0) is 23.8 Å². The monoisotopic (exact) mass is 264 g/mol. The first-order chi connectivity index (χ1) is 8.70. The van der Waals surface area contributed by atoms with Crippen molar-refractivity contribution >= 4 is 23.3 Å². The second-order valence-electron chi connectivity index (χ2n) is 4.07. The van der Waals surface area contributed by atoms with Crippen LogP contribution in [0.3, 0.4) is 0 Å². The summed E-state index contributed by atoms with van der Waals surface area (Å²) in [5.41, 5.74) is 0.0587. The van der Waals surface area contributed by atoms with Crippen LogP contribution in [0, 0.1) is 27.4 Å². The van der Waals surface area contributed by atoms with Crippen LogP contribution >= 0.6 is 11.8 Å². The van der Waals surface area contributed by atoms with Crippen molar-refractivity contribution in [1.29, 1.82) is 5.26 Å². The molecule has 6 nitrogen and oxygen atoms in total. The minimum atomic E-state index is -0.514. The van der Waals surface area contributed by atoms with Crippen molar-refractivity contribution in [3.05, 3.63) is 27.9 Å². The number of hydrogen-bond donors (Lipinski definition) is 1. The molecule has 2 heterocycles. The molecule has 1 saturated heterocycles. The molecule has 94 valence electrons. The summed E-state index contributed by atoms with van der Waals surface area (Å²) < 4.78 is 0. The van der Waals surface area contributed by atoms with Crippen LogP contribution in [0.1, 0.15) is 12.0 Å². The molecule has 1 unspecified atom stereocenters. The fourth-order valence-electron chi connectivity index (χ4n) is 1.78. The van der Waals surface area contributed by atoms with E-state index in [-0.39, 0.29) is 17.1 Å². The van der Waals surface area contributed by atoms with Gasteiger partial charge in [-0.15, -0.1) is 0 Å². The minimum Gasteiger partial charge on any atom is -0.364 e. The topological polar surface area (TPSA) is 91.8 Å². The Hall–Kier alpha value is -1.81. The lowest BCUT2D eigenvalue weighted by molar-refractivity contribution is -0.384. The first-order valence-electron chi connectivity index (χ1n) is 5.57. The lowest BCUT2D eigenvalue weighted by atomic mass is 10.1. The van der Waals surface area contributed by atoms with Crippen LogP contribution in [0.4, 0.5) is 11.5 Å². The zero-order valence-corrected chi connectivity index (χ0v) is 10.4. The molecule has 2 rings (SSSR count). The number of nitrogens with zero attached hydrogens (tertiary/aromatic N) is 3. The van der Waals surface area contributed by atoms with Gasteiger partial charge in [0.2, 0.25) is 5.82 Å². The molecule has 7 heteroatoms. The Labute approximate surface area is 109 Å². The molecule has 0 aromatic carbocycles. The van der Waals surface area contributed by atoms with Crippen LogP contribution < -0.4 is 5.32 Å². The molecule has 1 aromatic heterocycles. The number of nitrogens with one attached hydrogen (secondary N) is 1. The molecule has 0 bridgehead atoms. The van der Waals surface area contributed by atoms with E-state index in [1.807, 2.05) is 17.8 Å². The highest BCUT2D eigenvalue weighted by molar-refractivity contribution is 7.99. The van der Waals surface area contributed by atoms with Crippen LogP contribution in [-0.2, 0) is 0 Å². The van der Waals surface area contributed by atoms with Crippen molar-refractivity contribution in [3.63, 3.8) is 0 Å². The summed E-state index contributed by atoms with van der Waals surface area (Å²) in [6.45, 7) is 0.687. The third kappa shape index (κ3) is 2.90. The van der Waals surface area contributed by atoms with Gasteiger partial charge in [0.05, 0.1) is 10.5 Å². The summed E-state index contributed by atoms with van der Waals surface area (Å²) in [6.07, 6.45) is 2.47. The number of hydrogen-bond acceptors (Lipinski definition) is 6. The van der Waals surface area contributed by atoms with Crippen LogP contribution in [0.2, 0.25) is 0 Å². The van der Waals surface area contributed by atoms with Gasteiger partial charge >= 0.3 is 5.69 Å². The second kappa shape index (κ2) is 5.69. The number of thioether (sulfide) groups is 1. The molecule has 0 amide bonds. The maximum Gasteiger partial charge on any atom is 0.312 e. The summed E-state index contributed by atoms with van der Waals surface area (Å²) in [4.78, 5) is 14.3. The molecule has 1 fully saturated rings. The maximum atomic E-state index is 10.9. The Bertz CT molecular complexity index is 494. The number of rotatable bonds is 4. The van der Waals surface area contributed by atoms with E-state index in [2.05, 4.69) is 10.3 Å². The molecule has 0 radical (unpaired) electrons. The summed E-state index contributed by atoms with van der Waals surface area (Å²) in [5, 5.41) is 22.6. The Kier molecular flexibility index (Phi) is 3.99. The molecule has 1 atom stereocenters. The van der Waals surface area contributed by atoms with E-state index < -0.39 is 4.92 Å². The molecular weight excluding hydrogens is 252 g/mol. The smallest absolute Gasteiger partial charge is 0.312 e. The number of anilines is 1. The fraction of sp³-hybridized carbons (Fsp3) is 0.455. The summed E-state index contributed by atoms with van der Waals surface area (Å²) in [6, 6.07) is 3.10. The predicted octanol–water partition coefficient (Wildman–Crippen LogP) is 2.03. The van der Waals surface area contributed by atoms with Gasteiger partial charge in [0.25, 0.3) is 0 Å². The van der Waals surface area contributed by atoms with Gasteiger partial charge in [-0.3, -0.25) is 10.1 Å². The third-order valence-corrected chi connectivity index (χ3v) is 4.01. The van der Waals surface area contributed by atoms with Crippen molar-refractivity contribution in [1.82, 2.24) is 4.98 Å². The standard InChI is InChI=1S/C11H12N4O2S/c12-4-9-3-10(15(16)17)11(14-6-9)13-5-8-1-2-18-7-8/h3,6,8H,1-2,5,7H2,(H,13,14). The number of nitro groups is 1. The van der Waals surface area contributed by atoms with Crippen molar-refractivity contribution in [2.45, 2.75) is 6.42 Å². The van der Waals surface area contributed by atoms with Gasteiger partial charge in [0.1, 0.15) is 6.07 Å². The van der Waals surface area contributed by atoms with Crippen LogP contribution in [0.5, 0.6) is 0 Å². The van der Waals surface area contributed by atoms with Crippen LogP contribution in [0.25, 0.3) is 0 Å². The molecule has 1 aliphatic heterocycles. The summed E-state index contributed by atoms with van der Waals surface area (Å²) >= 11 is 1.90. The Morgan fingerprint density at radius 2 is 2.56 bits per heavy atom. The SMILES string of the molecule is N#Cc1cnc(NCC2CCSC2)c([N+](=O)[O-])c1. The Balaban J connectivity index is 2.11. The van der Waals surface area contributed by atoms with Gasteiger partial charge in [-0.25, -0.2) is 4.98 Å². The third-order valence-electron chi connectivity index (χ3n) is 2.78. The highest BCUT2D eigenvalue weighted by atomic mass is 32.2. The number of aromatic nitrogens is 1. The van der Waals surface area contributed by atoms with Crippen molar-refractivity contribution < 1.29 is 4.92 Å². The zero-order chi connectivity index (χ0) is 13.0. The molecular formula is C11H12N4O2S. The molecule has 18 heavy (non-hydrogen) atoms. The predicted molar refractivity (Wildman–Crippen MR) is 69.5 cm³/mol. The fourth-order valence-corrected chi connectivity index (χ4v) is 3.06. The van der Waals surface area contributed by atoms with E-state index in [4.69, 9.17) is 5.26 Å². The molecule has 1 aromatic rings. The van der Waals surface area contributed by atoms with E-state index in [9.17, 15) is 10.1 Å². The van der Waals surface area contributed by atoms with Gasteiger partial charge in [0.15, 0.2) is 0 Å². The van der Waals surface area contributed by atoms with Crippen LogP contribution in [-0.4, -0.2) is 28.0 Å². The second-order valence-corrected chi connectivity index (χ2v) is 5.22. The first kappa shape index (κ1) is 12.6. The average Bonchev–Trinajstić information content (AvgIpc) is 2.89. The zero-order valence-electron chi connectivity index (χ0n) is 9.63. The van der Waals surface area contributed by atoms with Crippen molar-refractivity contribution in [2.75, 3.05) is 23.4 Å². The molecule has 0 spiro atoms. The quantitative estimate of drug-likeness (QED) is 0.660. The van der Waals surface area contributed by atoms with Gasteiger partial charge in [-0.1, -0.05) is 0 Å². The maximum absolute atomic E-state index is 10.9. The minimum absolute atomic E-state index is 0.139. The normalized spacial score (nSPS) is 18.3. The first-order valence-corrected chi connectivity index (χ1v) is 6.72. The lowest BCUT2D eigenvalue weighted by Gasteiger charge is -2.10. The summed E-state index contributed by atoms with van der Waals surface area (Å²) in [5.74, 6) is 3.01. The Morgan fingerprint density at radius 3 is 3.17 bits per heavy atom. The highest BCUT2D eigenvalue weighted by Gasteiger charge is 2.19. The highest BCUT2D eigenvalue weighted by Crippen LogP contribution is 2.26.